The van der Waals surface area contributed by atoms with Crippen LogP contribution in [0.2, 0.25) is 0 Å². The maximum Gasteiger partial charge on any atom is 0.243 e. The molecule has 0 saturated heterocycles. The Morgan fingerprint density at radius 3 is 1.48 bits per heavy atom. The van der Waals surface area contributed by atoms with Gasteiger partial charge in [-0.15, -0.1) is 0 Å². The number of hydrogen-bond donors (Lipinski definition) is 0. The van der Waals surface area contributed by atoms with Gasteiger partial charge in [0.2, 0.25) is 6.33 Å². The standard InChI is InChI=1S/C29H57N2/c1-4-6-8-10-11-12-13-14-15-16-17-18-19-20-22-24-29(3)31-27-26-30(28-31)25-23-21-9-7-5-2/h26-29H,4-25H2,1-3H3/q+1. The van der Waals surface area contributed by atoms with Crippen molar-refractivity contribution in [3.8, 4) is 0 Å². The molecule has 0 aliphatic rings. The summed E-state index contributed by atoms with van der Waals surface area (Å²) in [5, 5.41) is 0. The first-order valence-corrected chi connectivity index (χ1v) is 14.3. The summed E-state index contributed by atoms with van der Waals surface area (Å²) < 4.78 is 4.81. The molecule has 1 aromatic rings. The van der Waals surface area contributed by atoms with Crippen molar-refractivity contribution in [2.45, 2.75) is 168 Å². The Kier molecular flexibility index (Phi) is 19.2. The summed E-state index contributed by atoms with van der Waals surface area (Å²) >= 11 is 0. The Morgan fingerprint density at radius 2 is 1.00 bits per heavy atom. The lowest BCUT2D eigenvalue weighted by Gasteiger charge is -2.08. The maximum absolute atomic E-state index is 2.43. The number of unbranched alkanes of at least 4 members (excludes halogenated alkanes) is 18. The van der Waals surface area contributed by atoms with Gasteiger partial charge >= 0.3 is 0 Å². The SMILES string of the molecule is CCCCCCCCCCCCCCCCCC(C)n1cc[n+](CCCCCCC)c1. The number of aromatic nitrogens is 2. The number of hydrogen-bond acceptors (Lipinski definition) is 0. The molecule has 0 aromatic carbocycles. The second kappa shape index (κ2) is 21.1. The molecule has 0 N–H and O–H groups in total. The molecule has 31 heavy (non-hydrogen) atoms. The van der Waals surface area contributed by atoms with Crippen LogP contribution in [0, 0.1) is 0 Å². The Morgan fingerprint density at radius 1 is 0.581 bits per heavy atom. The molecule has 0 spiro atoms. The van der Waals surface area contributed by atoms with Gasteiger partial charge in [0.25, 0.3) is 0 Å². The molecule has 2 nitrogen and oxygen atoms in total. The average molecular weight is 434 g/mol. The van der Waals surface area contributed by atoms with Crippen molar-refractivity contribution >= 4 is 0 Å². The predicted molar refractivity (Wildman–Crippen MR) is 138 cm³/mol. The summed E-state index contributed by atoms with van der Waals surface area (Å²) in [5.41, 5.74) is 0. The van der Waals surface area contributed by atoms with Crippen molar-refractivity contribution in [1.82, 2.24) is 4.57 Å². The zero-order chi connectivity index (χ0) is 22.4. The Labute approximate surface area is 196 Å². The molecule has 0 radical (unpaired) electrons. The minimum Gasteiger partial charge on any atom is -0.237 e. The van der Waals surface area contributed by atoms with Crippen LogP contribution in [-0.4, -0.2) is 4.57 Å². The molecule has 0 aliphatic heterocycles. The summed E-state index contributed by atoms with van der Waals surface area (Å²) in [6.07, 6.45) is 36.7. The first-order chi connectivity index (χ1) is 15.3. The number of nitrogens with zero attached hydrogens (tertiary/aromatic N) is 2. The second-order valence-corrected chi connectivity index (χ2v) is 10.1. The topological polar surface area (TPSA) is 8.81 Å². The normalized spacial score (nSPS) is 12.5. The lowest BCUT2D eigenvalue weighted by Crippen LogP contribution is -2.31. The van der Waals surface area contributed by atoms with Crippen LogP contribution in [0.4, 0.5) is 0 Å². The van der Waals surface area contributed by atoms with E-state index in [2.05, 4.69) is 48.6 Å². The molecule has 0 amide bonds. The van der Waals surface area contributed by atoms with Crippen molar-refractivity contribution in [2.24, 2.45) is 0 Å². The summed E-state index contributed by atoms with van der Waals surface area (Å²) in [4.78, 5) is 0. The molecule has 0 aliphatic carbocycles. The minimum absolute atomic E-state index is 0.642. The monoisotopic (exact) mass is 433 g/mol. The van der Waals surface area contributed by atoms with Gasteiger partial charge in [-0.1, -0.05) is 123 Å². The van der Waals surface area contributed by atoms with Crippen LogP contribution in [0.15, 0.2) is 18.7 Å². The summed E-state index contributed by atoms with van der Waals surface area (Å²) in [6.45, 7) is 8.15. The van der Waals surface area contributed by atoms with E-state index in [-0.39, 0.29) is 0 Å². The van der Waals surface area contributed by atoms with Gasteiger partial charge in [-0.05, 0) is 32.6 Å². The van der Waals surface area contributed by atoms with Gasteiger partial charge in [0.1, 0.15) is 12.4 Å². The van der Waals surface area contributed by atoms with Crippen LogP contribution in [0.5, 0.6) is 0 Å². The van der Waals surface area contributed by atoms with Gasteiger partial charge in [0.15, 0.2) is 0 Å². The molecule has 2 heteroatoms. The third-order valence-electron chi connectivity index (χ3n) is 6.97. The minimum atomic E-state index is 0.642. The maximum atomic E-state index is 2.43. The quantitative estimate of drug-likeness (QED) is 0.120. The van der Waals surface area contributed by atoms with Gasteiger partial charge in [-0.3, -0.25) is 0 Å². The zero-order valence-electron chi connectivity index (χ0n) is 21.8. The van der Waals surface area contributed by atoms with Crippen molar-refractivity contribution in [3.05, 3.63) is 18.7 Å². The fourth-order valence-corrected chi connectivity index (χ4v) is 4.66. The molecule has 1 heterocycles. The van der Waals surface area contributed by atoms with Crippen LogP contribution in [0.25, 0.3) is 0 Å². The third-order valence-corrected chi connectivity index (χ3v) is 6.97. The van der Waals surface area contributed by atoms with E-state index in [1.54, 1.807) is 0 Å². The van der Waals surface area contributed by atoms with Crippen LogP contribution >= 0.6 is 0 Å². The molecular formula is C29H57N2+. The van der Waals surface area contributed by atoms with Crippen molar-refractivity contribution in [2.75, 3.05) is 0 Å². The van der Waals surface area contributed by atoms with Crippen LogP contribution < -0.4 is 4.57 Å². The zero-order valence-corrected chi connectivity index (χ0v) is 21.8. The molecule has 0 fully saturated rings. The van der Waals surface area contributed by atoms with E-state index in [0.29, 0.717) is 6.04 Å². The van der Waals surface area contributed by atoms with Gasteiger partial charge < -0.3 is 0 Å². The predicted octanol–water partition coefficient (Wildman–Crippen LogP) is 9.57. The molecular weight excluding hydrogens is 376 g/mol. The summed E-state index contributed by atoms with van der Waals surface area (Å²) in [6, 6.07) is 0.642. The smallest absolute Gasteiger partial charge is 0.237 e. The summed E-state index contributed by atoms with van der Waals surface area (Å²) in [5.74, 6) is 0. The highest BCUT2D eigenvalue weighted by atomic mass is 15.1. The van der Waals surface area contributed by atoms with E-state index in [9.17, 15) is 0 Å². The molecule has 1 unspecified atom stereocenters. The van der Waals surface area contributed by atoms with Crippen LogP contribution in [0.1, 0.15) is 162 Å². The highest BCUT2D eigenvalue weighted by molar-refractivity contribution is 4.72. The van der Waals surface area contributed by atoms with Crippen molar-refractivity contribution < 1.29 is 4.57 Å². The molecule has 1 aromatic heterocycles. The van der Waals surface area contributed by atoms with E-state index in [1.807, 2.05) is 0 Å². The van der Waals surface area contributed by atoms with Gasteiger partial charge in [0, 0.05) is 0 Å². The fourth-order valence-electron chi connectivity index (χ4n) is 4.66. The molecule has 0 saturated carbocycles. The molecule has 0 bridgehead atoms. The van der Waals surface area contributed by atoms with Gasteiger partial charge in [0.05, 0.1) is 12.6 Å². The number of aryl methyl sites for hydroxylation is 1. The van der Waals surface area contributed by atoms with E-state index in [4.69, 9.17) is 0 Å². The fraction of sp³-hybridized carbons (Fsp3) is 0.897. The van der Waals surface area contributed by atoms with Crippen molar-refractivity contribution in [1.29, 1.82) is 0 Å². The summed E-state index contributed by atoms with van der Waals surface area (Å²) in [7, 11) is 0. The molecule has 182 valence electrons. The van der Waals surface area contributed by atoms with E-state index < -0.39 is 0 Å². The Balaban J connectivity index is 1.89. The van der Waals surface area contributed by atoms with E-state index in [0.717, 1.165) is 0 Å². The van der Waals surface area contributed by atoms with Crippen molar-refractivity contribution in [3.63, 3.8) is 0 Å². The third kappa shape index (κ3) is 16.5. The Bertz CT molecular complexity index is 479. The highest BCUT2D eigenvalue weighted by Gasteiger charge is 2.11. The lowest BCUT2D eigenvalue weighted by atomic mass is 10.0. The molecule has 1 atom stereocenters. The lowest BCUT2D eigenvalue weighted by molar-refractivity contribution is -0.697. The van der Waals surface area contributed by atoms with E-state index >= 15 is 0 Å². The second-order valence-electron chi connectivity index (χ2n) is 10.1. The first kappa shape index (κ1) is 28.2. The van der Waals surface area contributed by atoms with E-state index in [1.165, 1.54) is 141 Å². The first-order valence-electron chi connectivity index (χ1n) is 14.3. The largest absolute Gasteiger partial charge is 0.243 e. The van der Waals surface area contributed by atoms with Gasteiger partial charge in [-0.2, -0.15) is 0 Å². The number of rotatable bonds is 23. The highest BCUT2D eigenvalue weighted by Crippen LogP contribution is 2.17. The Hall–Kier alpha value is -0.790. The average Bonchev–Trinajstić information content (AvgIpc) is 3.25. The number of imidazole rings is 1. The van der Waals surface area contributed by atoms with Crippen LogP contribution in [-0.2, 0) is 6.54 Å². The van der Waals surface area contributed by atoms with Gasteiger partial charge in [-0.25, -0.2) is 9.13 Å². The molecule has 1 rings (SSSR count). The van der Waals surface area contributed by atoms with Crippen LogP contribution in [0.3, 0.4) is 0 Å².